The second-order valence-electron chi connectivity index (χ2n) is 13.2. The van der Waals surface area contributed by atoms with Gasteiger partial charge in [-0.15, -0.1) is 0 Å². The number of alkyl carbamates (subject to hydrolysis) is 1. The first-order chi connectivity index (χ1) is 19.8. The largest absolute Gasteiger partial charge is 0.489 e. The highest BCUT2D eigenvalue weighted by molar-refractivity contribution is 5.87. The molecule has 11 heteroatoms. The van der Waals surface area contributed by atoms with Crippen LogP contribution in [0.15, 0.2) is 30.4 Å². The SMILES string of the molecule is CO[C@H](O)C1C[C@@H]2CN1C(=O)[C@H](C(C)(C)C)NC(=O)OCC(C)(C)CC/C=C/COc1cccc3c1CN(C3)C(=O)O2. The lowest BCUT2D eigenvalue weighted by Gasteiger charge is -2.36. The van der Waals surface area contributed by atoms with Crippen molar-refractivity contribution in [2.45, 2.75) is 91.4 Å². The molecule has 3 amide bonds. The Morgan fingerprint density at radius 3 is 2.60 bits per heavy atom. The lowest BCUT2D eigenvalue weighted by Crippen LogP contribution is -2.57. The number of nitrogens with one attached hydrogen (secondary N) is 1. The third kappa shape index (κ3) is 7.55. The number of aliphatic hydroxyl groups is 1. The number of carbonyl (C=O) groups excluding carboxylic acids is 3. The summed E-state index contributed by atoms with van der Waals surface area (Å²) in [6.45, 7) is 10.9. The number of hydrogen-bond donors (Lipinski definition) is 2. The molecule has 3 heterocycles. The van der Waals surface area contributed by atoms with E-state index < -0.39 is 48.0 Å². The predicted octanol–water partition coefficient (Wildman–Crippen LogP) is 3.97. The van der Waals surface area contributed by atoms with Crippen molar-refractivity contribution in [1.82, 2.24) is 15.1 Å². The summed E-state index contributed by atoms with van der Waals surface area (Å²) in [6.07, 6.45) is 2.57. The van der Waals surface area contributed by atoms with E-state index in [0.717, 1.165) is 29.7 Å². The minimum absolute atomic E-state index is 0.0491. The average molecular weight is 588 g/mol. The second kappa shape index (κ2) is 12.9. The van der Waals surface area contributed by atoms with E-state index in [1.165, 1.54) is 12.0 Å². The number of carbonyl (C=O) groups is 3. The molecule has 0 radical (unpaired) electrons. The maximum Gasteiger partial charge on any atom is 0.410 e. The van der Waals surface area contributed by atoms with Crippen LogP contribution in [-0.2, 0) is 32.1 Å². The highest BCUT2D eigenvalue weighted by atomic mass is 16.6. The molecule has 1 unspecified atom stereocenters. The van der Waals surface area contributed by atoms with Crippen molar-refractivity contribution in [3.8, 4) is 5.75 Å². The van der Waals surface area contributed by atoms with Gasteiger partial charge in [0.15, 0.2) is 6.29 Å². The van der Waals surface area contributed by atoms with E-state index in [1.54, 1.807) is 4.90 Å². The molecule has 0 aliphatic carbocycles. The molecule has 3 aliphatic rings. The number of nitrogens with zero attached hydrogens (tertiary/aromatic N) is 2. The van der Waals surface area contributed by atoms with Crippen LogP contribution in [0.2, 0.25) is 0 Å². The molecule has 11 nitrogen and oxygen atoms in total. The van der Waals surface area contributed by atoms with Crippen LogP contribution in [0.5, 0.6) is 5.75 Å². The number of rotatable bonds is 2. The molecule has 1 aromatic carbocycles. The average Bonchev–Trinajstić information content (AvgIpc) is 3.56. The van der Waals surface area contributed by atoms with E-state index in [4.69, 9.17) is 18.9 Å². The molecule has 1 saturated heterocycles. The number of methoxy groups -OCH3 is 1. The maximum atomic E-state index is 13.9. The number of allylic oxidation sites excluding steroid dienone is 1. The molecule has 4 rings (SSSR count). The van der Waals surface area contributed by atoms with E-state index in [-0.39, 0.29) is 25.0 Å². The zero-order chi connectivity index (χ0) is 30.7. The molecule has 3 aliphatic heterocycles. The standard InChI is InChI=1S/C31H45N3O8/c1-30(2,3)25-26(35)34-17-21(15-23(34)27(36)39-6)42-29(38)33-16-20-11-10-12-24(22(20)18-33)40-14-9-7-8-13-31(4,5)19-41-28(37)32-25/h7,9-12,21,23,25,27,36H,8,13-19H2,1-6H3,(H,32,37)/b9-7+/t21-,23?,25-,27+/m1/s1. The summed E-state index contributed by atoms with van der Waals surface area (Å²) in [6, 6.07) is 4.05. The van der Waals surface area contributed by atoms with Crippen molar-refractivity contribution in [3.05, 3.63) is 41.5 Å². The molecule has 232 valence electrons. The molecule has 4 atom stereocenters. The Balaban J connectivity index is 1.60. The van der Waals surface area contributed by atoms with Gasteiger partial charge in [-0.25, -0.2) is 9.59 Å². The normalized spacial score (nSPS) is 27.1. The molecule has 4 bridgehead atoms. The van der Waals surface area contributed by atoms with Gasteiger partial charge in [0, 0.05) is 25.6 Å². The second-order valence-corrected chi connectivity index (χ2v) is 13.2. The summed E-state index contributed by atoms with van der Waals surface area (Å²) in [7, 11) is 1.35. The molecule has 1 aromatic rings. The highest BCUT2D eigenvalue weighted by Crippen LogP contribution is 2.33. The van der Waals surface area contributed by atoms with Crippen LogP contribution < -0.4 is 10.1 Å². The predicted molar refractivity (Wildman–Crippen MR) is 154 cm³/mol. The monoisotopic (exact) mass is 587 g/mol. The smallest absolute Gasteiger partial charge is 0.410 e. The van der Waals surface area contributed by atoms with Crippen LogP contribution in [0, 0.1) is 10.8 Å². The molecule has 0 aromatic heterocycles. The topological polar surface area (TPSA) is 127 Å². The first-order valence-electron chi connectivity index (χ1n) is 14.6. The fraction of sp³-hybridized carbons (Fsp3) is 0.645. The molecule has 0 saturated carbocycles. The number of ether oxygens (including phenoxy) is 4. The lowest BCUT2D eigenvalue weighted by molar-refractivity contribution is -0.152. The number of hydrogen-bond acceptors (Lipinski definition) is 8. The van der Waals surface area contributed by atoms with Crippen molar-refractivity contribution in [1.29, 1.82) is 0 Å². The van der Waals surface area contributed by atoms with Crippen LogP contribution in [0.25, 0.3) is 0 Å². The quantitative estimate of drug-likeness (QED) is 0.393. The van der Waals surface area contributed by atoms with Gasteiger partial charge in [-0.3, -0.25) is 9.69 Å². The highest BCUT2D eigenvalue weighted by Gasteiger charge is 2.46. The van der Waals surface area contributed by atoms with Gasteiger partial charge in [-0.2, -0.15) is 0 Å². The minimum atomic E-state index is -1.30. The van der Waals surface area contributed by atoms with Gasteiger partial charge >= 0.3 is 12.2 Å². The van der Waals surface area contributed by atoms with E-state index in [2.05, 4.69) is 5.32 Å². The summed E-state index contributed by atoms with van der Waals surface area (Å²) in [5.41, 5.74) is 0.975. The van der Waals surface area contributed by atoms with E-state index in [9.17, 15) is 19.5 Å². The van der Waals surface area contributed by atoms with Crippen molar-refractivity contribution >= 4 is 18.1 Å². The van der Waals surface area contributed by atoms with E-state index in [0.29, 0.717) is 19.7 Å². The summed E-state index contributed by atoms with van der Waals surface area (Å²) >= 11 is 0. The van der Waals surface area contributed by atoms with Gasteiger partial charge in [0.25, 0.3) is 0 Å². The third-order valence-corrected chi connectivity index (χ3v) is 8.08. The van der Waals surface area contributed by atoms with Gasteiger partial charge in [0.05, 0.1) is 25.7 Å². The molecular weight excluding hydrogens is 542 g/mol. The third-order valence-electron chi connectivity index (χ3n) is 8.08. The minimum Gasteiger partial charge on any atom is -0.489 e. The zero-order valence-electron chi connectivity index (χ0n) is 25.6. The molecular formula is C31H45N3O8. The van der Waals surface area contributed by atoms with Crippen LogP contribution in [0.4, 0.5) is 9.59 Å². The van der Waals surface area contributed by atoms with Crippen LogP contribution >= 0.6 is 0 Å². The van der Waals surface area contributed by atoms with Crippen molar-refractivity contribution in [3.63, 3.8) is 0 Å². The first-order valence-corrected chi connectivity index (χ1v) is 14.6. The number of cyclic esters (lactones) is 1. The molecule has 2 N–H and O–H groups in total. The Morgan fingerprint density at radius 1 is 1.12 bits per heavy atom. The van der Waals surface area contributed by atoms with Gasteiger partial charge in [-0.05, 0) is 35.3 Å². The summed E-state index contributed by atoms with van der Waals surface area (Å²) in [5.74, 6) is 0.310. The van der Waals surface area contributed by atoms with Gasteiger partial charge in [0.2, 0.25) is 5.91 Å². The Morgan fingerprint density at radius 2 is 1.88 bits per heavy atom. The lowest BCUT2D eigenvalue weighted by atomic mass is 9.85. The molecule has 0 spiro atoms. The summed E-state index contributed by atoms with van der Waals surface area (Å²) in [5, 5.41) is 13.4. The summed E-state index contributed by atoms with van der Waals surface area (Å²) < 4.78 is 22.6. The Bertz CT molecular complexity index is 1180. The van der Waals surface area contributed by atoms with Crippen molar-refractivity contribution < 1.29 is 38.4 Å². The van der Waals surface area contributed by atoms with Gasteiger partial charge < -0.3 is 34.3 Å². The van der Waals surface area contributed by atoms with Gasteiger partial charge in [0.1, 0.15) is 24.5 Å². The molecule has 1 fully saturated rings. The van der Waals surface area contributed by atoms with E-state index in [1.807, 2.05) is 65.0 Å². The Labute approximate surface area is 248 Å². The molecule has 42 heavy (non-hydrogen) atoms. The number of amides is 3. The van der Waals surface area contributed by atoms with Crippen LogP contribution in [0.3, 0.4) is 0 Å². The van der Waals surface area contributed by atoms with Crippen molar-refractivity contribution in [2.24, 2.45) is 10.8 Å². The fourth-order valence-electron chi connectivity index (χ4n) is 5.57. The van der Waals surface area contributed by atoms with Crippen LogP contribution in [-0.4, -0.2) is 84.3 Å². The summed E-state index contributed by atoms with van der Waals surface area (Å²) in [4.78, 5) is 43.1. The fourth-order valence-corrected chi connectivity index (χ4v) is 5.57. The Hall–Kier alpha value is -3.31. The zero-order valence-corrected chi connectivity index (χ0v) is 25.6. The number of aliphatic hydroxyl groups excluding tert-OH is 1. The number of benzene rings is 1. The number of fused-ring (bicyclic) bond motifs is 3. The first kappa shape index (κ1) is 31.6. The maximum absolute atomic E-state index is 13.9. The van der Waals surface area contributed by atoms with Crippen LogP contribution in [0.1, 0.15) is 65.0 Å². The van der Waals surface area contributed by atoms with Gasteiger partial charge in [-0.1, -0.05) is 58.9 Å². The van der Waals surface area contributed by atoms with Crippen molar-refractivity contribution in [2.75, 3.05) is 26.9 Å². The Kier molecular flexibility index (Phi) is 9.72. The van der Waals surface area contributed by atoms with E-state index >= 15 is 0 Å².